The van der Waals surface area contributed by atoms with Gasteiger partial charge in [-0.1, -0.05) is 30.3 Å². The second kappa shape index (κ2) is 5.81. The number of benzene rings is 1. The molecule has 0 aliphatic rings. The number of hydrogen-bond donors (Lipinski definition) is 0. The molecule has 0 unspecified atom stereocenters. The predicted octanol–water partition coefficient (Wildman–Crippen LogP) is 1.47. The molecule has 18 heavy (non-hydrogen) atoms. The molecular formula is C12H13N3O3. The minimum atomic E-state index is 0.157. The Hall–Kier alpha value is -2.37. The van der Waals surface area contributed by atoms with Crippen molar-refractivity contribution < 1.29 is 14.2 Å². The third kappa shape index (κ3) is 3.07. The predicted molar refractivity (Wildman–Crippen MR) is 63.7 cm³/mol. The highest BCUT2D eigenvalue weighted by Crippen LogP contribution is 2.14. The van der Waals surface area contributed by atoms with E-state index in [9.17, 15) is 0 Å². The molecule has 0 saturated carbocycles. The van der Waals surface area contributed by atoms with Gasteiger partial charge in [0.15, 0.2) is 0 Å². The van der Waals surface area contributed by atoms with Crippen LogP contribution in [0.1, 0.15) is 5.56 Å². The van der Waals surface area contributed by atoms with E-state index in [2.05, 4.69) is 15.0 Å². The normalized spacial score (nSPS) is 9.89. The SMILES string of the molecule is COc1nc(OC)nc(OCc2ccccc2)n1. The van der Waals surface area contributed by atoms with Gasteiger partial charge < -0.3 is 14.2 Å². The van der Waals surface area contributed by atoms with Crippen LogP contribution in [0.4, 0.5) is 0 Å². The van der Waals surface area contributed by atoms with E-state index >= 15 is 0 Å². The highest BCUT2D eigenvalue weighted by molar-refractivity contribution is 5.15. The topological polar surface area (TPSA) is 66.4 Å². The molecule has 1 aromatic carbocycles. The highest BCUT2D eigenvalue weighted by atomic mass is 16.5. The minimum Gasteiger partial charge on any atom is -0.467 e. The number of aromatic nitrogens is 3. The molecule has 2 aromatic rings. The molecule has 6 heteroatoms. The van der Waals surface area contributed by atoms with Crippen LogP contribution in [0, 0.1) is 0 Å². The Labute approximate surface area is 105 Å². The lowest BCUT2D eigenvalue weighted by atomic mass is 10.2. The Morgan fingerprint density at radius 2 is 1.39 bits per heavy atom. The van der Waals surface area contributed by atoms with Crippen molar-refractivity contribution >= 4 is 0 Å². The summed E-state index contributed by atoms with van der Waals surface area (Å²) in [5.41, 5.74) is 1.02. The third-order valence-corrected chi connectivity index (χ3v) is 2.15. The van der Waals surface area contributed by atoms with Crippen molar-refractivity contribution in [2.75, 3.05) is 14.2 Å². The Kier molecular flexibility index (Phi) is 3.90. The van der Waals surface area contributed by atoms with E-state index in [0.717, 1.165) is 5.56 Å². The van der Waals surface area contributed by atoms with Crippen LogP contribution in [-0.2, 0) is 6.61 Å². The van der Waals surface area contributed by atoms with Gasteiger partial charge in [-0.2, -0.15) is 0 Å². The summed E-state index contributed by atoms with van der Waals surface area (Å²) in [4.78, 5) is 11.8. The first-order valence-electron chi connectivity index (χ1n) is 5.32. The maximum absolute atomic E-state index is 5.45. The number of ether oxygens (including phenoxy) is 3. The van der Waals surface area contributed by atoms with Crippen molar-refractivity contribution in [1.82, 2.24) is 15.0 Å². The van der Waals surface area contributed by atoms with Gasteiger partial charge in [-0.05, 0) is 5.56 Å². The van der Waals surface area contributed by atoms with Gasteiger partial charge in [0, 0.05) is 0 Å². The van der Waals surface area contributed by atoms with E-state index < -0.39 is 0 Å². The van der Waals surface area contributed by atoms with Crippen LogP contribution in [0.5, 0.6) is 18.0 Å². The lowest BCUT2D eigenvalue weighted by molar-refractivity contribution is 0.258. The lowest BCUT2D eigenvalue weighted by Gasteiger charge is -2.06. The van der Waals surface area contributed by atoms with E-state index in [1.165, 1.54) is 14.2 Å². The van der Waals surface area contributed by atoms with E-state index in [1.54, 1.807) is 0 Å². The molecule has 0 atom stereocenters. The van der Waals surface area contributed by atoms with Gasteiger partial charge in [-0.25, -0.2) is 0 Å². The van der Waals surface area contributed by atoms with Gasteiger partial charge in [-0.3, -0.25) is 0 Å². The van der Waals surface area contributed by atoms with E-state index in [0.29, 0.717) is 6.61 Å². The summed E-state index contributed by atoms with van der Waals surface area (Å²) < 4.78 is 15.3. The van der Waals surface area contributed by atoms with Crippen LogP contribution >= 0.6 is 0 Å². The fourth-order valence-electron chi connectivity index (χ4n) is 1.29. The average Bonchev–Trinajstić information content (AvgIpc) is 2.45. The Bertz CT molecular complexity index is 483. The summed E-state index contributed by atoms with van der Waals surface area (Å²) in [5.74, 6) is 0. The first-order valence-corrected chi connectivity index (χ1v) is 5.32. The molecule has 0 bridgehead atoms. The molecule has 94 valence electrons. The Balaban J connectivity index is 2.09. The monoisotopic (exact) mass is 247 g/mol. The molecular weight excluding hydrogens is 234 g/mol. The zero-order valence-corrected chi connectivity index (χ0v) is 10.2. The largest absolute Gasteiger partial charge is 0.467 e. The fraction of sp³-hybridized carbons (Fsp3) is 0.250. The molecule has 0 radical (unpaired) electrons. The molecule has 6 nitrogen and oxygen atoms in total. The Morgan fingerprint density at radius 1 is 0.833 bits per heavy atom. The smallest absolute Gasteiger partial charge is 0.326 e. The third-order valence-electron chi connectivity index (χ3n) is 2.15. The molecule has 0 spiro atoms. The van der Waals surface area contributed by atoms with Crippen LogP contribution in [0.25, 0.3) is 0 Å². The summed E-state index contributed by atoms with van der Waals surface area (Å²) in [6, 6.07) is 10.2. The summed E-state index contributed by atoms with van der Waals surface area (Å²) in [6.07, 6.45) is 0. The van der Waals surface area contributed by atoms with Gasteiger partial charge in [-0.15, -0.1) is 15.0 Å². The fourth-order valence-corrected chi connectivity index (χ4v) is 1.29. The van der Waals surface area contributed by atoms with Crippen molar-refractivity contribution in [3.63, 3.8) is 0 Å². The molecule has 0 saturated heterocycles. The van der Waals surface area contributed by atoms with Gasteiger partial charge in [0.2, 0.25) is 0 Å². The summed E-state index contributed by atoms with van der Waals surface area (Å²) in [7, 11) is 2.94. The van der Waals surface area contributed by atoms with E-state index in [1.807, 2.05) is 30.3 Å². The molecule has 2 rings (SSSR count). The van der Waals surface area contributed by atoms with Gasteiger partial charge in [0.25, 0.3) is 0 Å². The maximum Gasteiger partial charge on any atom is 0.326 e. The number of hydrogen-bond acceptors (Lipinski definition) is 6. The second-order valence-corrected chi connectivity index (χ2v) is 3.37. The molecule has 1 heterocycles. The summed E-state index contributed by atoms with van der Waals surface area (Å²) >= 11 is 0. The highest BCUT2D eigenvalue weighted by Gasteiger charge is 2.08. The number of methoxy groups -OCH3 is 2. The summed E-state index contributed by atoms with van der Waals surface area (Å²) in [6.45, 7) is 0.372. The lowest BCUT2D eigenvalue weighted by Crippen LogP contribution is -2.04. The van der Waals surface area contributed by atoms with Crippen molar-refractivity contribution in [2.45, 2.75) is 6.61 Å². The van der Waals surface area contributed by atoms with Crippen LogP contribution in [-0.4, -0.2) is 29.2 Å². The molecule has 0 amide bonds. The minimum absolute atomic E-state index is 0.157. The van der Waals surface area contributed by atoms with Gasteiger partial charge >= 0.3 is 18.0 Å². The van der Waals surface area contributed by atoms with Crippen LogP contribution in [0.15, 0.2) is 30.3 Å². The van der Waals surface area contributed by atoms with Crippen molar-refractivity contribution in [3.05, 3.63) is 35.9 Å². The first-order chi connectivity index (χ1) is 8.81. The van der Waals surface area contributed by atoms with Crippen LogP contribution < -0.4 is 14.2 Å². The van der Waals surface area contributed by atoms with Crippen molar-refractivity contribution in [3.8, 4) is 18.0 Å². The second-order valence-electron chi connectivity index (χ2n) is 3.37. The van der Waals surface area contributed by atoms with Crippen molar-refractivity contribution in [1.29, 1.82) is 0 Å². The molecule has 0 fully saturated rings. The van der Waals surface area contributed by atoms with Gasteiger partial charge in [0.05, 0.1) is 14.2 Å². The van der Waals surface area contributed by atoms with Crippen molar-refractivity contribution in [2.24, 2.45) is 0 Å². The maximum atomic E-state index is 5.45. The average molecular weight is 247 g/mol. The van der Waals surface area contributed by atoms with Crippen LogP contribution in [0.3, 0.4) is 0 Å². The molecule has 0 aliphatic heterocycles. The van der Waals surface area contributed by atoms with E-state index in [4.69, 9.17) is 14.2 Å². The zero-order valence-electron chi connectivity index (χ0n) is 10.2. The summed E-state index contributed by atoms with van der Waals surface area (Å²) in [5, 5.41) is 0. The standard InChI is InChI=1S/C12H13N3O3/c1-16-10-13-11(17-2)15-12(14-10)18-8-9-6-4-3-5-7-9/h3-7H,8H2,1-2H3. The molecule has 1 aromatic heterocycles. The number of rotatable bonds is 5. The number of nitrogens with zero attached hydrogens (tertiary/aromatic N) is 3. The van der Waals surface area contributed by atoms with Gasteiger partial charge in [0.1, 0.15) is 6.61 Å². The van der Waals surface area contributed by atoms with E-state index in [-0.39, 0.29) is 18.0 Å². The van der Waals surface area contributed by atoms with Crippen LogP contribution in [0.2, 0.25) is 0 Å². The zero-order chi connectivity index (χ0) is 12.8. The quantitative estimate of drug-likeness (QED) is 0.797. The molecule has 0 aliphatic carbocycles. The first kappa shape index (κ1) is 12.1. The molecule has 0 N–H and O–H groups in total. The Morgan fingerprint density at radius 3 is 1.94 bits per heavy atom.